The molecular weight excluding hydrogens is 254 g/mol. The lowest BCUT2D eigenvalue weighted by Gasteiger charge is -2.13. The fourth-order valence-electron chi connectivity index (χ4n) is 2.75. The minimum atomic E-state index is 0.660. The molecule has 1 heterocycles. The highest BCUT2D eigenvalue weighted by atomic mass is 14.6. The molecule has 2 rings (SSSR count). The van der Waals surface area contributed by atoms with Crippen molar-refractivity contribution in [3.8, 4) is 0 Å². The maximum atomic E-state index is 4.08. The summed E-state index contributed by atoms with van der Waals surface area (Å²) in [6.45, 7) is 6.91. The third-order valence-electron chi connectivity index (χ3n) is 4.22. The number of hydrogen-bond donors (Lipinski definition) is 0. The van der Waals surface area contributed by atoms with Gasteiger partial charge in [0.25, 0.3) is 0 Å². The van der Waals surface area contributed by atoms with Crippen LogP contribution in [0.3, 0.4) is 0 Å². The van der Waals surface area contributed by atoms with Crippen LogP contribution in [0.2, 0.25) is 0 Å². The normalized spacial score (nSPS) is 13.9. The van der Waals surface area contributed by atoms with E-state index in [1.54, 1.807) is 0 Å². The Kier molecular flexibility index (Phi) is 5.98. The Labute approximate surface area is 129 Å². The summed E-state index contributed by atoms with van der Waals surface area (Å²) >= 11 is 0. The molecule has 0 radical (unpaired) electrons. The third-order valence-corrected chi connectivity index (χ3v) is 4.22. The van der Waals surface area contributed by atoms with Crippen LogP contribution >= 0.6 is 0 Å². The zero-order valence-electron chi connectivity index (χ0n) is 13.5. The van der Waals surface area contributed by atoms with Gasteiger partial charge in [0.05, 0.1) is 0 Å². The van der Waals surface area contributed by atoms with Gasteiger partial charge in [-0.25, -0.2) is 0 Å². The Hall–Kier alpha value is -1.63. The highest BCUT2D eigenvalue weighted by Gasteiger charge is 2.06. The van der Waals surface area contributed by atoms with Gasteiger partial charge in [-0.3, -0.25) is 4.98 Å². The maximum absolute atomic E-state index is 4.08. The van der Waals surface area contributed by atoms with Crippen LogP contribution in [0.4, 0.5) is 0 Å². The lowest BCUT2D eigenvalue weighted by Crippen LogP contribution is -2.04. The molecular formula is C20H27N. The quantitative estimate of drug-likeness (QED) is 0.688. The van der Waals surface area contributed by atoms with Crippen molar-refractivity contribution >= 4 is 0 Å². The van der Waals surface area contributed by atoms with Crippen LogP contribution in [0.5, 0.6) is 0 Å². The minimum absolute atomic E-state index is 0.660. The van der Waals surface area contributed by atoms with E-state index in [1.165, 1.54) is 29.5 Å². The van der Waals surface area contributed by atoms with Crippen LogP contribution in [-0.4, -0.2) is 4.98 Å². The summed E-state index contributed by atoms with van der Waals surface area (Å²) in [4.78, 5) is 4.08. The molecule has 0 fully saturated rings. The lowest BCUT2D eigenvalue weighted by molar-refractivity contribution is 0.559. The molecule has 0 spiro atoms. The summed E-state index contributed by atoms with van der Waals surface area (Å²) in [5, 5.41) is 0. The number of rotatable bonds is 7. The van der Waals surface area contributed by atoms with Crippen molar-refractivity contribution in [3.05, 3.63) is 65.5 Å². The van der Waals surface area contributed by atoms with Gasteiger partial charge in [0.15, 0.2) is 0 Å². The third kappa shape index (κ3) is 5.34. The van der Waals surface area contributed by atoms with E-state index in [1.807, 2.05) is 12.4 Å². The van der Waals surface area contributed by atoms with Crippen molar-refractivity contribution in [1.82, 2.24) is 4.98 Å². The van der Waals surface area contributed by atoms with E-state index in [0.29, 0.717) is 5.92 Å². The standard InChI is InChI=1S/C20H27N/c1-4-16(2)13-18-5-7-19(8-6-18)14-17(3)15-20-9-11-21-12-10-20/h5-12,16-17H,4,13-15H2,1-3H3. The first-order valence-corrected chi connectivity index (χ1v) is 8.14. The topological polar surface area (TPSA) is 12.9 Å². The molecule has 0 aliphatic carbocycles. The van der Waals surface area contributed by atoms with E-state index in [2.05, 4.69) is 62.2 Å². The first kappa shape index (κ1) is 15.8. The van der Waals surface area contributed by atoms with Crippen LogP contribution in [0, 0.1) is 11.8 Å². The first-order chi connectivity index (χ1) is 10.2. The predicted molar refractivity (Wildman–Crippen MR) is 90.4 cm³/mol. The summed E-state index contributed by atoms with van der Waals surface area (Å²) in [6, 6.07) is 13.5. The van der Waals surface area contributed by atoms with Gasteiger partial charge in [-0.1, -0.05) is 51.5 Å². The van der Waals surface area contributed by atoms with Gasteiger partial charge in [0.1, 0.15) is 0 Å². The number of benzene rings is 1. The average Bonchev–Trinajstić information content (AvgIpc) is 2.50. The average molecular weight is 281 g/mol. The van der Waals surface area contributed by atoms with Gasteiger partial charge in [-0.2, -0.15) is 0 Å². The molecule has 21 heavy (non-hydrogen) atoms. The summed E-state index contributed by atoms with van der Waals surface area (Å²) in [7, 11) is 0. The molecule has 112 valence electrons. The molecule has 0 saturated carbocycles. The van der Waals surface area contributed by atoms with Crippen LogP contribution in [0.1, 0.15) is 43.9 Å². The highest BCUT2D eigenvalue weighted by Crippen LogP contribution is 2.16. The number of pyridine rings is 1. The molecule has 2 unspecified atom stereocenters. The van der Waals surface area contributed by atoms with Crippen LogP contribution in [0.25, 0.3) is 0 Å². The number of hydrogen-bond acceptors (Lipinski definition) is 1. The smallest absolute Gasteiger partial charge is 0.0270 e. The van der Waals surface area contributed by atoms with Gasteiger partial charge < -0.3 is 0 Å². The minimum Gasteiger partial charge on any atom is -0.265 e. The monoisotopic (exact) mass is 281 g/mol. The van der Waals surface area contributed by atoms with E-state index < -0.39 is 0 Å². The first-order valence-electron chi connectivity index (χ1n) is 8.14. The van der Waals surface area contributed by atoms with Crippen molar-refractivity contribution in [2.45, 2.75) is 46.5 Å². The van der Waals surface area contributed by atoms with Crippen molar-refractivity contribution in [3.63, 3.8) is 0 Å². The molecule has 2 aromatic rings. The maximum Gasteiger partial charge on any atom is 0.0270 e. The molecule has 1 heteroatoms. The van der Waals surface area contributed by atoms with Gasteiger partial charge in [-0.15, -0.1) is 0 Å². The number of nitrogens with zero attached hydrogens (tertiary/aromatic N) is 1. The lowest BCUT2D eigenvalue weighted by atomic mass is 9.93. The Balaban J connectivity index is 1.88. The van der Waals surface area contributed by atoms with E-state index in [-0.39, 0.29) is 0 Å². The second kappa shape index (κ2) is 7.97. The van der Waals surface area contributed by atoms with Crippen molar-refractivity contribution < 1.29 is 0 Å². The molecule has 1 nitrogen and oxygen atoms in total. The summed E-state index contributed by atoms with van der Waals surface area (Å²) in [6.07, 6.45) is 8.48. The fraction of sp³-hybridized carbons (Fsp3) is 0.450. The molecule has 0 amide bonds. The molecule has 0 N–H and O–H groups in total. The van der Waals surface area contributed by atoms with Crippen LogP contribution in [-0.2, 0) is 19.3 Å². The molecule has 0 saturated heterocycles. The van der Waals surface area contributed by atoms with Gasteiger partial charge in [0, 0.05) is 12.4 Å². The largest absolute Gasteiger partial charge is 0.265 e. The van der Waals surface area contributed by atoms with Gasteiger partial charge >= 0.3 is 0 Å². The van der Waals surface area contributed by atoms with E-state index in [9.17, 15) is 0 Å². The van der Waals surface area contributed by atoms with Crippen LogP contribution in [0.15, 0.2) is 48.8 Å². The molecule has 1 aromatic heterocycles. The fourth-order valence-corrected chi connectivity index (χ4v) is 2.75. The number of aromatic nitrogens is 1. The Morgan fingerprint density at radius 2 is 1.14 bits per heavy atom. The second-order valence-electron chi connectivity index (χ2n) is 6.40. The zero-order valence-corrected chi connectivity index (χ0v) is 13.5. The molecule has 1 aromatic carbocycles. The zero-order chi connectivity index (χ0) is 15.1. The van der Waals surface area contributed by atoms with Gasteiger partial charge in [-0.05, 0) is 59.9 Å². The summed E-state index contributed by atoms with van der Waals surface area (Å²) in [5.41, 5.74) is 4.30. The van der Waals surface area contributed by atoms with E-state index in [4.69, 9.17) is 0 Å². The SMILES string of the molecule is CCC(C)Cc1ccc(CC(C)Cc2ccncc2)cc1. The van der Waals surface area contributed by atoms with Crippen molar-refractivity contribution in [2.75, 3.05) is 0 Å². The molecule has 2 atom stereocenters. The Morgan fingerprint density at radius 3 is 1.62 bits per heavy atom. The highest BCUT2D eigenvalue weighted by molar-refractivity contribution is 5.23. The van der Waals surface area contributed by atoms with E-state index >= 15 is 0 Å². The summed E-state index contributed by atoms with van der Waals surface area (Å²) in [5.74, 6) is 1.44. The summed E-state index contributed by atoms with van der Waals surface area (Å²) < 4.78 is 0. The second-order valence-corrected chi connectivity index (χ2v) is 6.40. The molecule has 0 aliphatic heterocycles. The predicted octanol–water partition coefficient (Wildman–Crippen LogP) is 5.09. The molecule has 0 bridgehead atoms. The van der Waals surface area contributed by atoms with Crippen LogP contribution < -0.4 is 0 Å². The van der Waals surface area contributed by atoms with Crippen molar-refractivity contribution in [1.29, 1.82) is 0 Å². The Morgan fingerprint density at radius 1 is 0.714 bits per heavy atom. The Bertz CT molecular complexity index is 515. The van der Waals surface area contributed by atoms with E-state index in [0.717, 1.165) is 18.8 Å². The van der Waals surface area contributed by atoms with Crippen molar-refractivity contribution in [2.24, 2.45) is 11.8 Å². The molecule has 0 aliphatic rings. The van der Waals surface area contributed by atoms with Gasteiger partial charge in [0.2, 0.25) is 0 Å².